The maximum Gasteiger partial charge on any atom is 0.328 e. The number of hydrogen-bond donors (Lipinski definition) is 2. The lowest BCUT2D eigenvalue weighted by Gasteiger charge is -2.32. The van der Waals surface area contributed by atoms with Gasteiger partial charge in [-0.3, -0.25) is 9.59 Å². The fourth-order valence-electron chi connectivity index (χ4n) is 2.76. The maximum atomic E-state index is 12.6. The summed E-state index contributed by atoms with van der Waals surface area (Å²) in [4.78, 5) is 36.9. The zero-order valence-electron chi connectivity index (χ0n) is 13.3. The van der Waals surface area contributed by atoms with Gasteiger partial charge in [-0.05, 0) is 18.4 Å². The Balaban J connectivity index is 1.92. The van der Waals surface area contributed by atoms with Gasteiger partial charge in [-0.2, -0.15) is 0 Å². The Kier molecular flexibility index (Phi) is 6.28. The van der Waals surface area contributed by atoms with Crippen molar-refractivity contribution < 1.29 is 23.9 Å². The van der Waals surface area contributed by atoms with E-state index in [9.17, 15) is 18.8 Å². The molecule has 6 nitrogen and oxygen atoms in total. The van der Waals surface area contributed by atoms with E-state index < -0.39 is 30.5 Å². The monoisotopic (exact) mass is 336 g/mol. The molecule has 130 valence electrons. The third kappa shape index (κ3) is 4.78. The van der Waals surface area contributed by atoms with Crippen LogP contribution >= 0.6 is 0 Å². The van der Waals surface area contributed by atoms with Gasteiger partial charge in [-0.1, -0.05) is 30.3 Å². The summed E-state index contributed by atoms with van der Waals surface area (Å²) in [7, 11) is 0. The molecule has 0 spiro atoms. The van der Waals surface area contributed by atoms with Gasteiger partial charge < -0.3 is 15.3 Å². The maximum absolute atomic E-state index is 12.6. The number of carboxylic acid groups (broad SMARTS) is 1. The first-order valence-electron chi connectivity index (χ1n) is 7.92. The number of halogens is 1. The van der Waals surface area contributed by atoms with Gasteiger partial charge in [0.25, 0.3) is 0 Å². The molecule has 1 heterocycles. The average Bonchev–Trinajstić information content (AvgIpc) is 2.60. The third-order valence-corrected chi connectivity index (χ3v) is 4.11. The number of amides is 2. The van der Waals surface area contributed by atoms with Crippen molar-refractivity contribution in [2.24, 2.45) is 5.92 Å². The fraction of sp³-hybridized carbons (Fsp3) is 0.471. The highest BCUT2D eigenvalue weighted by Crippen LogP contribution is 2.18. The number of nitrogens with one attached hydrogen (secondary N) is 1. The zero-order chi connectivity index (χ0) is 17.5. The number of nitrogens with zero attached hydrogens (tertiary/aromatic N) is 1. The van der Waals surface area contributed by atoms with Crippen LogP contribution in [0.5, 0.6) is 0 Å². The van der Waals surface area contributed by atoms with E-state index in [-0.39, 0.29) is 18.9 Å². The van der Waals surface area contributed by atoms with Gasteiger partial charge in [0.2, 0.25) is 11.8 Å². The number of likely N-dealkylation sites (tertiary alicyclic amines) is 1. The fourth-order valence-corrected chi connectivity index (χ4v) is 2.76. The SMILES string of the molecule is O=C(NC(CF)C(=O)O)C1CCCN(C(=O)Cc2ccccc2)C1. The quantitative estimate of drug-likeness (QED) is 0.812. The summed E-state index contributed by atoms with van der Waals surface area (Å²) in [5.41, 5.74) is 0.900. The minimum Gasteiger partial charge on any atom is -0.480 e. The van der Waals surface area contributed by atoms with Crippen LogP contribution in [0.25, 0.3) is 0 Å². The van der Waals surface area contributed by atoms with Crippen molar-refractivity contribution in [3.8, 4) is 0 Å². The average molecular weight is 336 g/mol. The molecule has 7 heteroatoms. The predicted octanol–water partition coefficient (Wildman–Crippen LogP) is 1.01. The second-order valence-corrected chi connectivity index (χ2v) is 5.89. The summed E-state index contributed by atoms with van der Waals surface area (Å²) >= 11 is 0. The molecule has 0 saturated carbocycles. The van der Waals surface area contributed by atoms with Crippen molar-refractivity contribution >= 4 is 17.8 Å². The van der Waals surface area contributed by atoms with Crippen LogP contribution in [-0.4, -0.2) is 53.6 Å². The van der Waals surface area contributed by atoms with E-state index >= 15 is 0 Å². The van der Waals surface area contributed by atoms with E-state index in [1.54, 1.807) is 4.90 Å². The molecule has 24 heavy (non-hydrogen) atoms. The first-order chi connectivity index (χ1) is 11.5. The van der Waals surface area contributed by atoms with Crippen LogP contribution in [0.1, 0.15) is 18.4 Å². The number of piperidine rings is 1. The molecule has 0 aromatic heterocycles. The topological polar surface area (TPSA) is 86.7 Å². The predicted molar refractivity (Wildman–Crippen MR) is 85.0 cm³/mol. The molecule has 1 aromatic carbocycles. The summed E-state index contributed by atoms with van der Waals surface area (Å²) in [5.74, 6) is -2.50. The Labute approximate surface area is 139 Å². The van der Waals surface area contributed by atoms with Crippen LogP contribution in [0.4, 0.5) is 4.39 Å². The molecule has 1 fully saturated rings. The summed E-state index contributed by atoms with van der Waals surface area (Å²) in [6.45, 7) is -0.360. The molecule has 1 aliphatic heterocycles. The normalized spacial score (nSPS) is 18.7. The van der Waals surface area contributed by atoms with Crippen molar-refractivity contribution in [1.29, 1.82) is 0 Å². The second kappa shape index (κ2) is 8.42. The standard InChI is InChI=1S/C17H21FN2O4/c18-10-14(17(23)24)19-16(22)13-7-4-8-20(11-13)15(21)9-12-5-2-1-3-6-12/h1-3,5-6,13-14H,4,7-11H2,(H,19,22)(H,23,24). The van der Waals surface area contributed by atoms with Gasteiger partial charge in [-0.25, -0.2) is 9.18 Å². The molecule has 2 N–H and O–H groups in total. The summed E-state index contributed by atoms with van der Waals surface area (Å²) in [6, 6.07) is 7.79. The second-order valence-electron chi connectivity index (χ2n) is 5.89. The lowest BCUT2D eigenvalue weighted by Crippen LogP contribution is -2.50. The Bertz CT molecular complexity index is 594. The van der Waals surface area contributed by atoms with E-state index in [1.807, 2.05) is 30.3 Å². The van der Waals surface area contributed by atoms with Crippen molar-refractivity contribution in [1.82, 2.24) is 10.2 Å². The molecule has 2 unspecified atom stereocenters. The van der Waals surface area contributed by atoms with E-state index in [4.69, 9.17) is 5.11 Å². The Morgan fingerprint density at radius 1 is 1.29 bits per heavy atom. The smallest absolute Gasteiger partial charge is 0.328 e. The third-order valence-electron chi connectivity index (χ3n) is 4.11. The Hall–Kier alpha value is -2.44. The lowest BCUT2D eigenvalue weighted by atomic mass is 9.96. The van der Waals surface area contributed by atoms with Crippen molar-refractivity contribution in [2.75, 3.05) is 19.8 Å². The molecule has 2 rings (SSSR count). The first kappa shape index (κ1) is 17.9. The van der Waals surface area contributed by atoms with Crippen molar-refractivity contribution in [3.63, 3.8) is 0 Å². The molecule has 0 aliphatic carbocycles. The van der Waals surface area contributed by atoms with E-state index in [1.165, 1.54) is 0 Å². The number of rotatable bonds is 6. The summed E-state index contributed by atoms with van der Waals surface area (Å²) < 4.78 is 12.6. The minimum absolute atomic E-state index is 0.0704. The van der Waals surface area contributed by atoms with Crippen LogP contribution in [0.3, 0.4) is 0 Å². The highest BCUT2D eigenvalue weighted by Gasteiger charge is 2.30. The van der Waals surface area contributed by atoms with E-state index in [0.717, 1.165) is 5.56 Å². The van der Waals surface area contributed by atoms with Gasteiger partial charge in [0.1, 0.15) is 6.67 Å². The number of hydrogen-bond acceptors (Lipinski definition) is 3. The Morgan fingerprint density at radius 2 is 2.00 bits per heavy atom. The Morgan fingerprint density at radius 3 is 2.62 bits per heavy atom. The number of benzene rings is 1. The van der Waals surface area contributed by atoms with Crippen LogP contribution in [-0.2, 0) is 20.8 Å². The molecule has 1 aromatic rings. The van der Waals surface area contributed by atoms with E-state index in [2.05, 4.69) is 5.32 Å². The van der Waals surface area contributed by atoms with Gasteiger partial charge in [-0.15, -0.1) is 0 Å². The van der Waals surface area contributed by atoms with Crippen LogP contribution < -0.4 is 5.32 Å². The number of aliphatic carboxylic acids is 1. The summed E-state index contributed by atoms with van der Waals surface area (Å²) in [5, 5.41) is 11.0. The van der Waals surface area contributed by atoms with Gasteiger partial charge in [0.15, 0.2) is 6.04 Å². The highest BCUT2D eigenvalue weighted by atomic mass is 19.1. The molecule has 2 atom stereocenters. The van der Waals surface area contributed by atoms with Crippen molar-refractivity contribution in [2.45, 2.75) is 25.3 Å². The number of alkyl halides is 1. The minimum atomic E-state index is -1.53. The molecule has 1 saturated heterocycles. The highest BCUT2D eigenvalue weighted by molar-refractivity contribution is 5.86. The van der Waals surface area contributed by atoms with Crippen LogP contribution in [0.15, 0.2) is 30.3 Å². The molecular weight excluding hydrogens is 315 g/mol. The van der Waals surface area contributed by atoms with Crippen LogP contribution in [0, 0.1) is 5.92 Å². The number of carboxylic acids is 1. The number of carbonyl (C=O) groups excluding carboxylic acids is 2. The lowest BCUT2D eigenvalue weighted by molar-refractivity contribution is -0.144. The molecule has 0 bridgehead atoms. The zero-order valence-corrected chi connectivity index (χ0v) is 13.3. The van der Waals surface area contributed by atoms with Gasteiger partial charge in [0.05, 0.1) is 12.3 Å². The van der Waals surface area contributed by atoms with Gasteiger partial charge >= 0.3 is 5.97 Å². The largest absolute Gasteiger partial charge is 0.480 e. The molecular formula is C17H21FN2O4. The van der Waals surface area contributed by atoms with Crippen molar-refractivity contribution in [3.05, 3.63) is 35.9 Å². The molecule has 2 amide bonds. The first-order valence-corrected chi connectivity index (χ1v) is 7.92. The van der Waals surface area contributed by atoms with E-state index in [0.29, 0.717) is 19.4 Å². The van der Waals surface area contributed by atoms with Crippen LogP contribution in [0.2, 0.25) is 0 Å². The summed E-state index contributed by atoms with van der Waals surface area (Å²) in [6.07, 6.45) is 1.48. The van der Waals surface area contributed by atoms with Gasteiger partial charge in [0, 0.05) is 13.1 Å². The molecule has 1 aliphatic rings. The molecule has 0 radical (unpaired) electrons. The number of carbonyl (C=O) groups is 3.